The molecule has 1 fully saturated rings. The lowest BCUT2D eigenvalue weighted by molar-refractivity contribution is -0.141. The van der Waals surface area contributed by atoms with Gasteiger partial charge < -0.3 is 15.0 Å². The third kappa shape index (κ3) is 3.39. The van der Waals surface area contributed by atoms with Crippen molar-refractivity contribution in [1.82, 2.24) is 15.2 Å². The van der Waals surface area contributed by atoms with Crippen LogP contribution < -0.4 is 5.32 Å². The molecule has 0 aliphatic carbocycles. The quantitative estimate of drug-likeness (QED) is 0.784. The summed E-state index contributed by atoms with van der Waals surface area (Å²) < 4.78 is 4.93. The average molecular weight is 291 g/mol. The van der Waals surface area contributed by atoms with Crippen LogP contribution >= 0.6 is 0 Å². The molecule has 1 aromatic heterocycles. The maximum Gasteiger partial charge on any atom is 0.245 e. The number of likely N-dealkylation sites (tertiary alicyclic amines) is 1. The topological polar surface area (TPSA) is 71.5 Å². The van der Waals surface area contributed by atoms with Gasteiger partial charge >= 0.3 is 0 Å². The van der Waals surface area contributed by atoms with E-state index < -0.39 is 5.54 Å². The maximum absolute atomic E-state index is 12.4. The Bertz CT molecular complexity index is 506. The summed E-state index contributed by atoms with van der Waals surface area (Å²) in [4.78, 5) is 30.2. The van der Waals surface area contributed by atoms with Gasteiger partial charge in [0.1, 0.15) is 5.54 Å². The Kier molecular flexibility index (Phi) is 4.90. The lowest BCUT2D eigenvalue weighted by Gasteiger charge is -2.34. The molecule has 1 aliphatic heterocycles. The average Bonchev–Trinajstić information content (AvgIpc) is 2.78. The molecule has 1 saturated heterocycles. The van der Waals surface area contributed by atoms with E-state index >= 15 is 0 Å². The molecule has 2 heterocycles. The Balaban J connectivity index is 2.09. The summed E-state index contributed by atoms with van der Waals surface area (Å²) in [7, 11) is 1.58. The van der Waals surface area contributed by atoms with Gasteiger partial charge in [-0.3, -0.25) is 14.6 Å². The second kappa shape index (κ2) is 6.67. The minimum atomic E-state index is -0.805. The zero-order valence-corrected chi connectivity index (χ0v) is 12.5. The van der Waals surface area contributed by atoms with Crippen LogP contribution in [-0.4, -0.2) is 47.5 Å². The molecule has 2 rings (SSSR count). The first-order chi connectivity index (χ1) is 10.1. The zero-order chi connectivity index (χ0) is 15.3. The number of methoxy groups -OCH3 is 1. The fourth-order valence-corrected chi connectivity index (χ4v) is 2.53. The number of ether oxygens (including phenoxy) is 1. The highest BCUT2D eigenvalue weighted by Crippen LogP contribution is 2.31. The van der Waals surface area contributed by atoms with E-state index in [4.69, 9.17) is 4.74 Å². The number of nitrogens with zero attached hydrogens (tertiary/aromatic N) is 2. The Hall–Kier alpha value is -1.95. The van der Waals surface area contributed by atoms with Crippen molar-refractivity contribution in [1.29, 1.82) is 0 Å². The van der Waals surface area contributed by atoms with Crippen LogP contribution in [0.1, 0.15) is 25.3 Å². The van der Waals surface area contributed by atoms with Gasteiger partial charge in [-0.1, -0.05) is 6.07 Å². The first kappa shape index (κ1) is 15.4. The molecule has 0 saturated carbocycles. The number of carbonyl (C=O) groups excluding carboxylic acids is 2. The van der Waals surface area contributed by atoms with Crippen LogP contribution in [0, 0.1) is 0 Å². The van der Waals surface area contributed by atoms with Gasteiger partial charge in [-0.25, -0.2) is 0 Å². The van der Waals surface area contributed by atoms with E-state index in [2.05, 4.69) is 10.3 Å². The van der Waals surface area contributed by atoms with Gasteiger partial charge in [0.2, 0.25) is 11.8 Å². The molecule has 2 amide bonds. The molecule has 1 aliphatic rings. The van der Waals surface area contributed by atoms with Crippen molar-refractivity contribution in [3.63, 3.8) is 0 Å². The van der Waals surface area contributed by atoms with Crippen LogP contribution in [-0.2, 0) is 20.9 Å². The molecule has 6 nitrogen and oxygen atoms in total. The normalized spacial score (nSPS) is 21.6. The number of nitrogens with one attached hydrogen (secondary N) is 1. The van der Waals surface area contributed by atoms with Crippen molar-refractivity contribution >= 4 is 11.8 Å². The van der Waals surface area contributed by atoms with Gasteiger partial charge in [-0.15, -0.1) is 0 Å². The molecule has 1 aromatic rings. The molecule has 1 atom stereocenters. The second-order valence-corrected chi connectivity index (χ2v) is 5.36. The van der Waals surface area contributed by atoms with Gasteiger partial charge in [0.15, 0.2) is 0 Å². The van der Waals surface area contributed by atoms with Crippen molar-refractivity contribution in [3.8, 4) is 0 Å². The molecule has 0 radical (unpaired) electrons. The Morgan fingerprint density at radius 3 is 3.05 bits per heavy atom. The molecule has 114 valence electrons. The molecule has 0 bridgehead atoms. The Labute approximate surface area is 124 Å². The largest absolute Gasteiger partial charge is 0.383 e. The molecule has 21 heavy (non-hydrogen) atoms. The zero-order valence-electron chi connectivity index (χ0n) is 12.5. The van der Waals surface area contributed by atoms with E-state index in [1.807, 2.05) is 19.1 Å². The number of hydrogen-bond donors (Lipinski definition) is 1. The molecular formula is C15H21N3O3. The molecule has 0 unspecified atom stereocenters. The fraction of sp³-hybridized carbons (Fsp3) is 0.533. The predicted octanol–water partition coefficient (Wildman–Crippen LogP) is 0.725. The van der Waals surface area contributed by atoms with E-state index in [0.29, 0.717) is 32.5 Å². The lowest BCUT2D eigenvalue weighted by atomic mass is 9.97. The summed E-state index contributed by atoms with van der Waals surface area (Å²) in [6.45, 7) is 3.12. The van der Waals surface area contributed by atoms with Gasteiger partial charge in [0, 0.05) is 39.0 Å². The number of amides is 2. The van der Waals surface area contributed by atoms with E-state index in [-0.39, 0.29) is 11.8 Å². The summed E-state index contributed by atoms with van der Waals surface area (Å²) >= 11 is 0. The first-order valence-electron chi connectivity index (χ1n) is 7.04. The van der Waals surface area contributed by atoms with Crippen LogP contribution in [0.4, 0.5) is 0 Å². The van der Waals surface area contributed by atoms with E-state index in [0.717, 1.165) is 5.56 Å². The lowest BCUT2D eigenvalue weighted by Crippen LogP contribution is -2.54. The van der Waals surface area contributed by atoms with Crippen LogP contribution in [0.5, 0.6) is 0 Å². The number of aromatic nitrogens is 1. The van der Waals surface area contributed by atoms with Crippen LogP contribution in [0.3, 0.4) is 0 Å². The minimum Gasteiger partial charge on any atom is -0.383 e. The first-order valence-corrected chi connectivity index (χ1v) is 7.04. The van der Waals surface area contributed by atoms with E-state index in [9.17, 15) is 9.59 Å². The van der Waals surface area contributed by atoms with Gasteiger partial charge in [0.05, 0.1) is 6.61 Å². The summed E-state index contributed by atoms with van der Waals surface area (Å²) in [6, 6.07) is 3.73. The van der Waals surface area contributed by atoms with Crippen molar-refractivity contribution in [3.05, 3.63) is 30.1 Å². The SMILES string of the molecule is COCCNC(=O)[C@@]1(C)CCC(=O)N1Cc1cccnc1. The molecule has 0 aromatic carbocycles. The van der Waals surface area contributed by atoms with Crippen LogP contribution in [0.25, 0.3) is 0 Å². The molecule has 0 spiro atoms. The summed E-state index contributed by atoms with van der Waals surface area (Å²) in [5.74, 6) is -0.127. The van der Waals surface area contributed by atoms with Crippen LogP contribution in [0.15, 0.2) is 24.5 Å². The maximum atomic E-state index is 12.4. The van der Waals surface area contributed by atoms with E-state index in [1.54, 1.807) is 24.4 Å². The third-order valence-electron chi connectivity index (χ3n) is 3.87. The summed E-state index contributed by atoms with van der Waals surface area (Å²) in [5, 5.41) is 2.83. The van der Waals surface area contributed by atoms with Gasteiger partial charge in [-0.05, 0) is 25.0 Å². The fourth-order valence-electron chi connectivity index (χ4n) is 2.53. The monoisotopic (exact) mass is 291 g/mol. The number of carbonyl (C=O) groups is 2. The predicted molar refractivity (Wildman–Crippen MR) is 77.3 cm³/mol. The molecule has 1 N–H and O–H groups in total. The standard InChI is InChI=1S/C15H21N3O3/c1-15(14(20)17-8-9-21-2)6-5-13(19)18(15)11-12-4-3-7-16-10-12/h3-4,7,10H,5-6,8-9,11H2,1-2H3,(H,17,20)/t15-/m1/s1. The van der Waals surface area contributed by atoms with Crippen molar-refractivity contribution < 1.29 is 14.3 Å². The number of hydrogen-bond acceptors (Lipinski definition) is 4. The highest BCUT2D eigenvalue weighted by molar-refractivity contribution is 5.94. The molecule has 6 heteroatoms. The second-order valence-electron chi connectivity index (χ2n) is 5.36. The Morgan fingerprint density at radius 2 is 2.38 bits per heavy atom. The van der Waals surface area contributed by atoms with Gasteiger partial charge in [0.25, 0.3) is 0 Å². The smallest absolute Gasteiger partial charge is 0.245 e. The van der Waals surface area contributed by atoms with Gasteiger partial charge in [-0.2, -0.15) is 0 Å². The highest BCUT2D eigenvalue weighted by atomic mass is 16.5. The third-order valence-corrected chi connectivity index (χ3v) is 3.87. The minimum absolute atomic E-state index is 0.00300. The van der Waals surface area contributed by atoms with Crippen molar-refractivity contribution in [2.45, 2.75) is 31.8 Å². The van der Waals surface area contributed by atoms with Crippen molar-refractivity contribution in [2.24, 2.45) is 0 Å². The summed E-state index contributed by atoms with van der Waals surface area (Å²) in [5.41, 5.74) is 0.115. The van der Waals surface area contributed by atoms with Crippen molar-refractivity contribution in [2.75, 3.05) is 20.3 Å². The summed E-state index contributed by atoms with van der Waals surface area (Å²) in [6.07, 6.45) is 4.33. The number of pyridine rings is 1. The van der Waals surface area contributed by atoms with Crippen LogP contribution in [0.2, 0.25) is 0 Å². The molecular weight excluding hydrogens is 270 g/mol. The Morgan fingerprint density at radius 1 is 1.57 bits per heavy atom. The number of rotatable bonds is 6. The highest BCUT2D eigenvalue weighted by Gasteiger charge is 2.46. The van der Waals surface area contributed by atoms with E-state index in [1.165, 1.54) is 0 Å².